The Kier molecular flexibility index (Phi) is 7.80. The van der Waals surface area contributed by atoms with Gasteiger partial charge < -0.3 is 24.8 Å². The minimum atomic E-state index is -0.957. The molecule has 2 aromatic rings. The van der Waals surface area contributed by atoms with Crippen LogP contribution in [0.5, 0.6) is 0 Å². The molecular weight excluding hydrogens is 436 g/mol. The van der Waals surface area contributed by atoms with Crippen molar-refractivity contribution in [3.05, 3.63) is 59.7 Å². The van der Waals surface area contributed by atoms with Crippen LogP contribution in [0.15, 0.2) is 48.5 Å². The number of fused-ring (bicyclic) bond motifs is 3. The van der Waals surface area contributed by atoms with Crippen molar-refractivity contribution < 1.29 is 29.0 Å². The van der Waals surface area contributed by atoms with Crippen LogP contribution in [0.3, 0.4) is 0 Å². The van der Waals surface area contributed by atoms with Crippen molar-refractivity contribution in [2.45, 2.75) is 37.6 Å². The third kappa shape index (κ3) is 5.39. The van der Waals surface area contributed by atoms with Gasteiger partial charge in [-0.2, -0.15) is 0 Å². The quantitative estimate of drug-likeness (QED) is 0.549. The number of hydrogen-bond acceptors (Lipinski definition) is 5. The van der Waals surface area contributed by atoms with Gasteiger partial charge >= 0.3 is 12.1 Å². The molecule has 1 fully saturated rings. The van der Waals surface area contributed by atoms with Gasteiger partial charge in [0.15, 0.2) is 0 Å². The van der Waals surface area contributed by atoms with Crippen molar-refractivity contribution in [2.75, 3.05) is 32.9 Å². The van der Waals surface area contributed by atoms with Crippen molar-refractivity contribution in [1.82, 2.24) is 10.2 Å². The molecule has 1 aliphatic heterocycles. The van der Waals surface area contributed by atoms with E-state index in [2.05, 4.69) is 29.6 Å². The summed E-state index contributed by atoms with van der Waals surface area (Å²) in [7, 11) is 0. The van der Waals surface area contributed by atoms with Gasteiger partial charge in [0.1, 0.15) is 12.6 Å². The summed E-state index contributed by atoms with van der Waals surface area (Å²) in [6, 6.07) is 15.6. The Hall–Kier alpha value is -3.39. The Morgan fingerprint density at radius 1 is 0.971 bits per heavy atom. The summed E-state index contributed by atoms with van der Waals surface area (Å²) in [4.78, 5) is 37.3. The SMILES string of the molecule is O=C(NCCOCCC(=O)N1CCCC[C@@H]1C(=O)O)OCC1c2ccccc2-c2ccccc21. The number of rotatable bonds is 9. The van der Waals surface area contributed by atoms with Crippen LogP contribution in [-0.4, -0.2) is 66.9 Å². The summed E-state index contributed by atoms with van der Waals surface area (Å²) in [6.45, 7) is 1.38. The lowest BCUT2D eigenvalue weighted by atomic mass is 9.98. The molecule has 0 aromatic heterocycles. The highest BCUT2D eigenvalue weighted by Crippen LogP contribution is 2.44. The van der Waals surface area contributed by atoms with Crippen LogP contribution in [-0.2, 0) is 19.1 Å². The fourth-order valence-corrected chi connectivity index (χ4v) is 4.77. The van der Waals surface area contributed by atoms with E-state index in [1.807, 2.05) is 24.3 Å². The Bertz CT molecular complexity index is 994. The molecule has 1 heterocycles. The lowest BCUT2D eigenvalue weighted by molar-refractivity contribution is -0.152. The molecule has 8 nitrogen and oxygen atoms in total. The molecule has 1 aliphatic carbocycles. The Balaban J connectivity index is 1.15. The van der Waals surface area contributed by atoms with Crippen LogP contribution >= 0.6 is 0 Å². The summed E-state index contributed by atoms with van der Waals surface area (Å²) >= 11 is 0. The molecule has 0 spiro atoms. The minimum absolute atomic E-state index is 0.00447. The number of hydrogen-bond donors (Lipinski definition) is 2. The van der Waals surface area contributed by atoms with Gasteiger partial charge in [-0.1, -0.05) is 48.5 Å². The van der Waals surface area contributed by atoms with E-state index in [4.69, 9.17) is 9.47 Å². The number of carbonyl (C=O) groups excluding carboxylic acids is 2. The van der Waals surface area contributed by atoms with Gasteiger partial charge in [0.05, 0.1) is 19.6 Å². The van der Waals surface area contributed by atoms with Gasteiger partial charge in [-0.15, -0.1) is 0 Å². The van der Waals surface area contributed by atoms with Crippen molar-refractivity contribution >= 4 is 18.0 Å². The molecule has 34 heavy (non-hydrogen) atoms. The number of carboxylic acid groups (broad SMARTS) is 1. The van der Waals surface area contributed by atoms with E-state index < -0.39 is 18.1 Å². The predicted octanol–water partition coefficient (Wildman–Crippen LogP) is 3.40. The van der Waals surface area contributed by atoms with Gasteiger partial charge in [0.25, 0.3) is 0 Å². The molecule has 8 heteroatoms. The fraction of sp³-hybridized carbons (Fsp3) is 0.423. The number of ether oxygens (including phenoxy) is 2. The van der Waals surface area contributed by atoms with Crippen molar-refractivity contribution in [1.29, 1.82) is 0 Å². The van der Waals surface area contributed by atoms with Crippen LogP contribution in [0.1, 0.15) is 42.7 Å². The number of aliphatic carboxylic acids is 1. The molecule has 1 saturated heterocycles. The lowest BCUT2D eigenvalue weighted by Gasteiger charge is -2.33. The lowest BCUT2D eigenvalue weighted by Crippen LogP contribution is -2.48. The Labute approximate surface area is 198 Å². The molecule has 2 aliphatic rings. The van der Waals surface area contributed by atoms with E-state index in [0.717, 1.165) is 24.0 Å². The van der Waals surface area contributed by atoms with Crippen LogP contribution in [0.4, 0.5) is 4.79 Å². The van der Waals surface area contributed by atoms with E-state index in [-0.39, 0.29) is 44.6 Å². The number of likely N-dealkylation sites (tertiary alicyclic amines) is 1. The average molecular weight is 467 g/mol. The first kappa shape index (κ1) is 23.8. The summed E-state index contributed by atoms with van der Waals surface area (Å²) in [6.07, 6.45) is 1.74. The summed E-state index contributed by atoms with van der Waals surface area (Å²) in [5.74, 6) is -1.16. The summed E-state index contributed by atoms with van der Waals surface area (Å²) in [5.41, 5.74) is 4.66. The monoisotopic (exact) mass is 466 g/mol. The van der Waals surface area contributed by atoms with Gasteiger partial charge in [-0.05, 0) is 41.5 Å². The number of amides is 2. The zero-order valence-electron chi connectivity index (χ0n) is 19.1. The van der Waals surface area contributed by atoms with E-state index in [9.17, 15) is 19.5 Å². The highest BCUT2D eigenvalue weighted by Gasteiger charge is 2.31. The van der Waals surface area contributed by atoms with Crippen LogP contribution < -0.4 is 5.32 Å². The Morgan fingerprint density at radius 3 is 2.32 bits per heavy atom. The largest absolute Gasteiger partial charge is 0.480 e. The average Bonchev–Trinajstić information content (AvgIpc) is 3.18. The van der Waals surface area contributed by atoms with E-state index >= 15 is 0 Å². The first-order valence-corrected chi connectivity index (χ1v) is 11.7. The second-order valence-corrected chi connectivity index (χ2v) is 8.55. The normalized spacial score (nSPS) is 17.1. The van der Waals surface area contributed by atoms with Crippen LogP contribution in [0.2, 0.25) is 0 Å². The van der Waals surface area contributed by atoms with E-state index in [1.54, 1.807) is 0 Å². The highest BCUT2D eigenvalue weighted by molar-refractivity contribution is 5.84. The number of benzene rings is 2. The summed E-state index contributed by atoms with van der Waals surface area (Å²) in [5, 5.41) is 12.0. The minimum Gasteiger partial charge on any atom is -0.480 e. The van der Waals surface area contributed by atoms with Crippen molar-refractivity contribution in [3.63, 3.8) is 0 Å². The molecule has 2 N–H and O–H groups in total. The van der Waals surface area contributed by atoms with Gasteiger partial charge in [-0.25, -0.2) is 9.59 Å². The fourth-order valence-electron chi connectivity index (χ4n) is 4.77. The zero-order chi connectivity index (χ0) is 23.9. The molecule has 0 radical (unpaired) electrons. The number of piperidine rings is 1. The standard InChI is InChI=1S/C26H30N2O6/c29-24(28-14-6-5-11-23(28)25(30)31)12-15-33-16-13-27-26(32)34-17-22-20-9-3-1-7-18(20)19-8-2-4-10-21(19)22/h1-4,7-10,22-23H,5-6,11-17H2,(H,27,32)(H,30,31)/t23-/m1/s1. The van der Waals surface area contributed by atoms with Crippen LogP contribution in [0, 0.1) is 0 Å². The first-order valence-electron chi connectivity index (χ1n) is 11.7. The number of carboxylic acids is 1. The number of nitrogens with one attached hydrogen (secondary N) is 1. The highest BCUT2D eigenvalue weighted by atomic mass is 16.5. The maximum atomic E-state index is 12.3. The second-order valence-electron chi connectivity index (χ2n) is 8.55. The summed E-state index contributed by atoms with van der Waals surface area (Å²) < 4.78 is 10.9. The molecule has 2 aromatic carbocycles. The van der Waals surface area contributed by atoms with Gasteiger partial charge in [0.2, 0.25) is 5.91 Å². The van der Waals surface area contributed by atoms with E-state index in [0.29, 0.717) is 13.0 Å². The van der Waals surface area contributed by atoms with Crippen molar-refractivity contribution in [3.8, 4) is 11.1 Å². The van der Waals surface area contributed by atoms with Gasteiger partial charge in [0, 0.05) is 19.0 Å². The van der Waals surface area contributed by atoms with Crippen molar-refractivity contribution in [2.24, 2.45) is 0 Å². The number of carbonyl (C=O) groups is 3. The predicted molar refractivity (Wildman–Crippen MR) is 125 cm³/mol. The molecule has 2 amide bonds. The van der Waals surface area contributed by atoms with Crippen LogP contribution in [0.25, 0.3) is 11.1 Å². The third-order valence-corrected chi connectivity index (χ3v) is 6.43. The number of nitrogens with zero attached hydrogens (tertiary/aromatic N) is 1. The zero-order valence-corrected chi connectivity index (χ0v) is 19.1. The molecule has 0 saturated carbocycles. The molecule has 0 unspecified atom stereocenters. The smallest absolute Gasteiger partial charge is 0.407 e. The molecule has 1 atom stereocenters. The molecule has 180 valence electrons. The maximum absolute atomic E-state index is 12.3. The van der Waals surface area contributed by atoms with Gasteiger partial charge in [-0.3, -0.25) is 4.79 Å². The topological polar surface area (TPSA) is 105 Å². The Morgan fingerprint density at radius 2 is 1.65 bits per heavy atom. The number of alkyl carbamates (subject to hydrolysis) is 1. The second kappa shape index (κ2) is 11.2. The molecular formula is C26H30N2O6. The maximum Gasteiger partial charge on any atom is 0.407 e. The molecule has 0 bridgehead atoms. The third-order valence-electron chi connectivity index (χ3n) is 6.43. The molecule has 4 rings (SSSR count). The van der Waals surface area contributed by atoms with E-state index in [1.165, 1.54) is 16.0 Å². The first-order chi connectivity index (χ1) is 16.6.